The fraction of sp³-hybridized carbons (Fsp3) is 0.286. The number of imidazole rings is 1. The van der Waals surface area contributed by atoms with E-state index in [1.165, 1.54) is 35.0 Å². The van der Waals surface area contributed by atoms with Crippen LogP contribution in [0, 0.1) is 11.8 Å². The van der Waals surface area contributed by atoms with Gasteiger partial charge in [0, 0.05) is 28.4 Å². The summed E-state index contributed by atoms with van der Waals surface area (Å²) < 4.78 is 31.6. The Bertz CT molecular complexity index is 1760. The first-order valence-electron chi connectivity index (χ1n) is 12.8. The van der Waals surface area contributed by atoms with Crippen LogP contribution in [-0.4, -0.2) is 31.0 Å². The number of carbonyl (C=O) groups is 1. The molecule has 0 radical (unpaired) electrons. The molecule has 8 nitrogen and oxygen atoms in total. The molecule has 198 valence electrons. The molecule has 4 N–H and O–H groups in total. The van der Waals surface area contributed by atoms with Crippen LogP contribution >= 0.6 is 11.6 Å². The molecule has 0 bridgehead atoms. The lowest BCUT2D eigenvalue weighted by Crippen LogP contribution is -2.56. The zero-order chi connectivity index (χ0) is 27.1. The van der Waals surface area contributed by atoms with Gasteiger partial charge in [-0.2, -0.15) is 4.39 Å². The number of amides is 1. The molecule has 7 rings (SSSR count). The van der Waals surface area contributed by atoms with Crippen molar-refractivity contribution in [3.8, 4) is 22.4 Å². The second kappa shape index (κ2) is 8.47. The quantitative estimate of drug-likeness (QED) is 0.317. The lowest BCUT2D eigenvalue weighted by Gasteiger charge is -2.44. The Balaban J connectivity index is 1.38. The standard InChI is InChI=1S/C28H23ClF2N6O2/c29-16-4-2-13-11-28(8-1-9-28)36-27(39)23-15(22(13)24(16)30)10-21(38)37-18(23)5-6-19(37)26-33-12-17(34-26)14-3-7-20(32)35-25(14)31/h2-4,7,10,12,19H,1,5-6,8-9,11H2,(H2,32,35)(H,33,34)(H,36,39)/t19-/m0/s1. The Labute approximate surface area is 226 Å². The summed E-state index contributed by atoms with van der Waals surface area (Å²) in [5.74, 6) is -1.19. The molecule has 5 heterocycles. The molecule has 1 saturated carbocycles. The molecule has 2 aliphatic heterocycles. The van der Waals surface area contributed by atoms with E-state index in [4.69, 9.17) is 17.3 Å². The number of fused-ring (bicyclic) bond motifs is 5. The van der Waals surface area contributed by atoms with E-state index in [0.29, 0.717) is 42.0 Å². The van der Waals surface area contributed by atoms with Gasteiger partial charge >= 0.3 is 0 Å². The van der Waals surface area contributed by atoms with Crippen molar-refractivity contribution in [2.24, 2.45) is 0 Å². The number of H-pyrrole nitrogens is 1. The third-order valence-corrected chi connectivity index (χ3v) is 8.58. The lowest BCUT2D eigenvalue weighted by atomic mass is 9.70. The minimum absolute atomic E-state index is 0.0602. The summed E-state index contributed by atoms with van der Waals surface area (Å²) in [5.41, 5.74) is 7.29. The van der Waals surface area contributed by atoms with Crippen molar-refractivity contribution >= 4 is 23.3 Å². The van der Waals surface area contributed by atoms with Crippen molar-refractivity contribution in [3.05, 3.63) is 86.3 Å². The predicted molar refractivity (Wildman–Crippen MR) is 142 cm³/mol. The molecule has 11 heteroatoms. The SMILES string of the molecule is Nc1ccc(-c2cnc([C@@H]3CCc4c5c(cc(=O)n43)-c3c(ccc(Cl)c3F)CC3(CCC3)NC5=O)[nH]2)c(F)n1. The van der Waals surface area contributed by atoms with Crippen LogP contribution in [0.1, 0.15) is 59.2 Å². The number of hydrogen-bond donors (Lipinski definition) is 3. The highest BCUT2D eigenvalue weighted by molar-refractivity contribution is 6.31. The highest BCUT2D eigenvalue weighted by Crippen LogP contribution is 2.44. The predicted octanol–water partition coefficient (Wildman–Crippen LogP) is 4.56. The van der Waals surface area contributed by atoms with Gasteiger partial charge in [-0.25, -0.2) is 14.4 Å². The van der Waals surface area contributed by atoms with Crippen molar-refractivity contribution in [1.29, 1.82) is 0 Å². The number of pyridine rings is 2. The van der Waals surface area contributed by atoms with Crippen LogP contribution in [0.5, 0.6) is 0 Å². The summed E-state index contributed by atoms with van der Waals surface area (Å²) in [4.78, 5) is 38.6. The molecular weight excluding hydrogens is 526 g/mol. The van der Waals surface area contributed by atoms with E-state index in [1.807, 2.05) is 0 Å². The Kier molecular flexibility index (Phi) is 5.22. The third-order valence-electron chi connectivity index (χ3n) is 8.29. The van der Waals surface area contributed by atoms with Crippen LogP contribution in [0.3, 0.4) is 0 Å². The molecule has 1 spiro atoms. The maximum atomic E-state index is 15.6. The zero-order valence-electron chi connectivity index (χ0n) is 20.7. The summed E-state index contributed by atoms with van der Waals surface area (Å²) >= 11 is 6.19. The maximum Gasteiger partial charge on any atom is 0.254 e. The largest absolute Gasteiger partial charge is 0.384 e. The van der Waals surface area contributed by atoms with Crippen molar-refractivity contribution < 1.29 is 13.6 Å². The number of hydrogen-bond acceptors (Lipinski definition) is 5. The second-order valence-electron chi connectivity index (χ2n) is 10.6. The average Bonchev–Trinajstić information content (AvgIpc) is 3.52. The number of nitrogen functional groups attached to an aromatic ring is 1. The van der Waals surface area contributed by atoms with Crippen molar-refractivity contribution in [2.75, 3.05) is 5.73 Å². The molecule has 1 fully saturated rings. The molecular formula is C28H23ClF2N6O2. The van der Waals surface area contributed by atoms with E-state index < -0.39 is 23.3 Å². The van der Waals surface area contributed by atoms with Crippen molar-refractivity contribution in [2.45, 2.75) is 50.1 Å². The van der Waals surface area contributed by atoms with Gasteiger partial charge in [-0.3, -0.25) is 9.59 Å². The number of nitrogens with zero attached hydrogens (tertiary/aromatic N) is 3. The topological polar surface area (TPSA) is 119 Å². The summed E-state index contributed by atoms with van der Waals surface area (Å²) in [7, 11) is 0. The minimum Gasteiger partial charge on any atom is -0.384 e. The van der Waals surface area contributed by atoms with Gasteiger partial charge < -0.3 is 20.6 Å². The summed E-state index contributed by atoms with van der Waals surface area (Å²) in [6.45, 7) is 0. The molecule has 1 atom stereocenters. The summed E-state index contributed by atoms with van der Waals surface area (Å²) in [6.07, 6.45) is 5.37. The van der Waals surface area contributed by atoms with Crippen molar-refractivity contribution in [3.63, 3.8) is 0 Å². The number of halogens is 3. The Morgan fingerprint density at radius 1 is 1.10 bits per heavy atom. The third kappa shape index (κ3) is 3.61. The van der Waals surface area contributed by atoms with E-state index in [9.17, 15) is 14.0 Å². The molecule has 1 aromatic carbocycles. The van der Waals surface area contributed by atoms with Gasteiger partial charge in [-0.1, -0.05) is 17.7 Å². The Hall–Kier alpha value is -4.05. The molecule has 1 aliphatic carbocycles. The average molecular weight is 549 g/mol. The fourth-order valence-electron chi connectivity index (χ4n) is 6.31. The first-order valence-corrected chi connectivity index (χ1v) is 13.2. The number of nitrogens with one attached hydrogen (secondary N) is 2. The van der Waals surface area contributed by atoms with Crippen LogP contribution in [0.2, 0.25) is 5.02 Å². The van der Waals surface area contributed by atoms with Crippen LogP contribution in [0.4, 0.5) is 14.6 Å². The van der Waals surface area contributed by atoms with Gasteiger partial charge in [0.15, 0.2) is 0 Å². The van der Waals surface area contributed by atoms with Gasteiger partial charge in [0.05, 0.1) is 34.1 Å². The van der Waals surface area contributed by atoms with Crippen LogP contribution in [0.25, 0.3) is 22.4 Å². The zero-order valence-corrected chi connectivity index (χ0v) is 21.4. The molecule has 3 aliphatic rings. The van der Waals surface area contributed by atoms with E-state index in [-0.39, 0.29) is 44.6 Å². The molecule has 1 amide bonds. The van der Waals surface area contributed by atoms with Gasteiger partial charge in [0.25, 0.3) is 11.5 Å². The van der Waals surface area contributed by atoms with Crippen LogP contribution < -0.4 is 16.6 Å². The first kappa shape index (κ1) is 24.0. The number of aromatic amines is 1. The molecule has 3 aromatic heterocycles. The highest BCUT2D eigenvalue weighted by Gasteiger charge is 2.43. The molecule has 39 heavy (non-hydrogen) atoms. The molecule has 0 saturated heterocycles. The highest BCUT2D eigenvalue weighted by atomic mass is 35.5. The van der Waals surface area contributed by atoms with Gasteiger partial charge in [0.2, 0.25) is 5.95 Å². The van der Waals surface area contributed by atoms with E-state index in [1.54, 1.807) is 6.07 Å². The van der Waals surface area contributed by atoms with Gasteiger partial charge in [-0.15, -0.1) is 0 Å². The maximum absolute atomic E-state index is 15.6. The van der Waals surface area contributed by atoms with Gasteiger partial charge in [0.1, 0.15) is 17.5 Å². The van der Waals surface area contributed by atoms with E-state index in [2.05, 4.69) is 20.3 Å². The minimum atomic E-state index is -0.739. The lowest BCUT2D eigenvalue weighted by molar-refractivity contribution is 0.0823. The number of benzene rings is 1. The fourth-order valence-corrected chi connectivity index (χ4v) is 6.47. The summed E-state index contributed by atoms with van der Waals surface area (Å²) in [5, 5.41) is 3.15. The van der Waals surface area contributed by atoms with Crippen molar-refractivity contribution in [1.82, 2.24) is 24.8 Å². The Morgan fingerprint density at radius 3 is 2.67 bits per heavy atom. The molecule has 4 aromatic rings. The smallest absolute Gasteiger partial charge is 0.254 e. The monoisotopic (exact) mass is 548 g/mol. The Morgan fingerprint density at radius 2 is 1.92 bits per heavy atom. The number of carbonyl (C=O) groups excluding carboxylic acids is 1. The number of aromatic nitrogens is 4. The molecule has 0 unspecified atom stereocenters. The van der Waals surface area contributed by atoms with E-state index in [0.717, 1.165) is 19.3 Å². The van der Waals surface area contributed by atoms with Gasteiger partial charge in [-0.05, 0) is 62.3 Å². The van der Waals surface area contributed by atoms with Crippen LogP contribution in [-0.2, 0) is 12.8 Å². The number of anilines is 1. The summed E-state index contributed by atoms with van der Waals surface area (Å²) in [6, 6.07) is 7.10. The number of rotatable bonds is 2. The first-order chi connectivity index (χ1) is 18.7. The van der Waals surface area contributed by atoms with Crippen LogP contribution in [0.15, 0.2) is 41.3 Å². The number of nitrogens with two attached hydrogens (primary N) is 1. The van der Waals surface area contributed by atoms with E-state index >= 15 is 4.39 Å². The second-order valence-corrected chi connectivity index (χ2v) is 11.0. The normalized spacial score (nSPS) is 18.9.